The molecule has 0 unspecified atom stereocenters. The van der Waals surface area contributed by atoms with Crippen molar-refractivity contribution in [2.45, 2.75) is 6.92 Å². The van der Waals surface area contributed by atoms with Crippen molar-refractivity contribution in [3.63, 3.8) is 0 Å². The molecule has 0 fully saturated rings. The van der Waals surface area contributed by atoms with Gasteiger partial charge in [0.05, 0.1) is 0 Å². The Kier molecular flexibility index (Phi) is 1.67. The van der Waals surface area contributed by atoms with Crippen LogP contribution in [0.3, 0.4) is 0 Å². The molecule has 0 saturated heterocycles. The van der Waals surface area contributed by atoms with Crippen LogP contribution in [0.25, 0.3) is 5.57 Å². The number of rotatable bonds is 2. The zero-order valence-corrected chi connectivity index (χ0v) is 5.63. The van der Waals surface area contributed by atoms with Crippen molar-refractivity contribution in [1.82, 2.24) is 4.98 Å². The van der Waals surface area contributed by atoms with Crippen LogP contribution in [0.15, 0.2) is 17.3 Å². The minimum atomic E-state index is 0.304. The molecule has 0 aliphatic rings. The summed E-state index contributed by atoms with van der Waals surface area (Å²) in [5, 5.41) is 0. The van der Waals surface area contributed by atoms with Crippen molar-refractivity contribution in [3.8, 4) is 0 Å². The van der Waals surface area contributed by atoms with Gasteiger partial charge in [-0.05, 0) is 6.92 Å². The normalized spacial score (nSPS) is 9.30. The fourth-order valence-corrected chi connectivity index (χ4v) is 0.536. The summed E-state index contributed by atoms with van der Waals surface area (Å²) >= 11 is 0. The Balaban J connectivity index is 2.98. The molecular weight excluding hydrogens is 130 g/mol. The van der Waals surface area contributed by atoms with Gasteiger partial charge in [0.2, 0.25) is 5.89 Å². The van der Waals surface area contributed by atoms with E-state index < -0.39 is 0 Å². The van der Waals surface area contributed by atoms with Crippen molar-refractivity contribution in [2.24, 2.45) is 0 Å². The number of oxazole rings is 1. The number of nitrogens with zero attached hydrogens (tertiary/aromatic N) is 1. The lowest BCUT2D eigenvalue weighted by molar-refractivity contribution is 0.111. The fraction of sp³-hybridized carbons (Fsp3) is 0.143. The molecule has 0 radical (unpaired) electrons. The highest BCUT2D eigenvalue weighted by Crippen LogP contribution is 2.08. The van der Waals surface area contributed by atoms with Crippen molar-refractivity contribution in [1.29, 1.82) is 0 Å². The number of carbonyl (C=O) groups excluding carboxylic acids is 1. The van der Waals surface area contributed by atoms with E-state index in [2.05, 4.69) is 11.6 Å². The van der Waals surface area contributed by atoms with Gasteiger partial charge >= 0.3 is 0 Å². The quantitative estimate of drug-likeness (QED) is 0.580. The molecular formula is C7H7NO2. The number of hydrogen-bond acceptors (Lipinski definition) is 3. The first-order valence-electron chi connectivity index (χ1n) is 2.80. The van der Waals surface area contributed by atoms with E-state index in [1.165, 1.54) is 6.26 Å². The Morgan fingerprint density at radius 2 is 2.60 bits per heavy atom. The summed E-state index contributed by atoms with van der Waals surface area (Å²) in [6.45, 7) is 5.37. The summed E-state index contributed by atoms with van der Waals surface area (Å²) in [6, 6.07) is 0. The lowest BCUT2D eigenvalue weighted by Gasteiger charge is -1.84. The SMILES string of the molecule is C=C(C)c1nc(C=O)co1. The Morgan fingerprint density at radius 3 is 2.90 bits per heavy atom. The van der Waals surface area contributed by atoms with Gasteiger partial charge in [0.25, 0.3) is 0 Å². The average molecular weight is 137 g/mol. The Labute approximate surface area is 58.4 Å². The zero-order valence-electron chi connectivity index (χ0n) is 5.63. The number of allylic oxidation sites excluding steroid dienone is 1. The second-order valence-electron chi connectivity index (χ2n) is 1.98. The standard InChI is InChI=1S/C7H7NO2/c1-5(2)7-8-6(3-9)4-10-7/h3-4H,1H2,2H3. The minimum absolute atomic E-state index is 0.304. The van der Waals surface area contributed by atoms with Crippen molar-refractivity contribution < 1.29 is 9.21 Å². The Morgan fingerprint density at radius 1 is 1.90 bits per heavy atom. The Hall–Kier alpha value is -1.38. The molecule has 3 nitrogen and oxygen atoms in total. The van der Waals surface area contributed by atoms with Crippen LogP contribution in [0.1, 0.15) is 23.3 Å². The number of aldehydes is 1. The predicted molar refractivity (Wildman–Crippen MR) is 36.6 cm³/mol. The molecule has 1 rings (SSSR count). The summed E-state index contributed by atoms with van der Waals surface area (Å²) in [6.07, 6.45) is 1.94. The maximum atomic E-state index is 10.1. The molecule has 0 aliphatic carbocycles. The third kappa shape index (κ3) is 1.13. The van der Waals surface area contributed by atoms with E-state index >= 15 is 0 Å². The van der Waals surface area contributed by atoms with E-state index in [1.807, 2.05) is 0 Å². The van der Waals surface area contributed by atoms with E-state index in [9.17, 15) is 4.79 Å². The lowest BCUT2D eigenvalue weighted by atomic mass is 10.4. The molecule has 0 bridgehead atoms. The second-order valence-corrected chi connectivity index (χ2v) is 1.98. The van der Waals surface area contributed by atoms with Crippen LogP contribution in [0, 0.1) is 0 Å². The molecule has 0 aliphatic heterocycles. The summed E-state index contributed by atoms with van der Waals surface area (Å²) < 4.78 is 4.88. The fourth-order valence-electron chi connectivity index (χ4n) is 0.536. The van der Waals surface area contributed by atoms with Crippen molar-refractivity contribution in [2.75, 3.05) is 0 Å². The Bertz CT molecular complexity index is 262. The van der Waals surface area contributed by atoms with Gasteiger partial charge < -0.3 is 4.42 Å². The van der Waals surface area contributed by atoms with Gasteiger partial charge in [-0.15, -0.1) is 0 Å². The van der Waals surface area contributed by atoms with Crippen LogP contribution < -0.4 is 0 Å². The molecule has 1 aromatic heterocycles. The third-order valence-corrected chi connectivity index (χ3v) is 1.01. The van der Waals surface area contributed by atoms with Gasteiger partial charge in [0.15, 0.2) is 6.29 Å². The molecule has 1 aromatic rings. The van der Waals surface area contributed by atoms with Crippen LogP contribution in [-0.4, -0.2) is 11.3 Å². The molecule has 0 spiro atoms. The van der Waals surface area contributed by atoms with Crippen LogP contribution in [0.5, 0.6) is 0 Å². The molecule has 3 heteroatoms. The molecule has 0 aromatic carbocycles. The van der Waals surface area contributed by atoms with Crippen molar-refractivity contribution in [3.05, 3.63) is 24.4 Å². The first-order chi connectivity index (χ1) is 4.74. The van der Waals surface area contributed by atoms with E-state index in [1.54, 1.807) is 6.92 Å². The highest BCUT2D eigenvalue weighted by molar-refractivity contribution is 5.71. The van der Waals surface area contributed by atoms with E-state index in [-0.39, 0.29) is 0 Å². The molecule has 0 amide bonds. The van der Waals surface area contributed by atoms with Crippen molar-refractivity contribution >= 4 is 11.9 Å². The molecule has 0 atom stereocenters. The average Bonchev–Trinajstić information content (AvgIpc) is 2.34. The van der Waals surface area contributed by atoms with E-state index in [0.29, 0.717) is 23.4 Å². The van der Waals surface area contributed by atoms with Crippen LogP contribution in [0.4, 0.5) is 0 Å². The lowest BCUT2D eigenvalue weighted by Crippen LogP contribution is -1.80. The summed E-state index contributed by atoms with van der Waals surface area (Å²) in [7, 11) is 0. The molecule has 1 heterocycles. The van der Waals surface area contributed by atoms with Crippen LogP contribution >= 0.6 is 0 Å². The van der Waals surface area contributed by atoms with Gasteiger partial charge in [0, 0.05) is 5.57 Å². The molecule has 10 heavy (non-hydrogen) atoms. The van der Waals surface area contributed by atoms with E-state index in [4.69, 9.17) is 4.42 Å². The third-order valence-electron chi connectivity index (χ3n) is 1.01. The topological polar surface area (TPSA) is 43.1 Å². The minimum Gasteiger partial charge on any atom is -0.444 e. The molecule has 0 N–H and O–H groups in total. The summed E-state index contributed by atoms with van der Waals surface area (Å²) in [5.74, 6) is 0.419. The number of aromatic nitrogens is 1. The van der Waals surface area contributed by atoms with Gasteiger partial charge in [0.1, 0.15) is 12.0 Å². The summed E-state index contributed by atoms with van der Waals surface area (Å²) in [5.41, 5.74) is 1.02. The first-order valence-corrected chi connectivity index (χ1v) is 2.80. The van der Waals surface area contributed by atoms with Gasteiger partial charge in [-0.25, -0.2) is 4.98 Å². The predicted octanol–water partition coefficient (Wildman–Crippen LogP) is 1.52. The van der Waals surface area contributed by atoms with Gasteiger partial charge in [-0.1, -0.05) is 6.58 Å². The van der Waals surface area contributed by atoms with Crippen LogP contribution in [-0.2, 0) is 0 Å². The molecule has 52 valence electrons. The second kappa shape index (κ2) is 2.47. The van der Waals surface area contributed by atoms with Gasteiger partial charge in [-0.2, -0.15) is 0 Å². The first kappa shape index (κ1) is 6.74. The molecule has 0 saturated carbocycles. The smallest absolute Gasteiger partial charge is 0.221 e. The highest BCUT2D eigenvalue weighted by Gasteiger charge is 2.01. The van der Waals surface area contributed by atoms with Crippen LogP contribution in [0.2, 0.25) is 0 Å². The zero-order chi connectivity index (χ0) is 7.56. The van der Waals surface area contributed by atoms with E-state index in [0.717, 1.165) is 0 Å². The summed E-state index contributed by atoms with van der Waals surface area (Å²) in [4.78, 5) is 13.9. The maximum absolute atomic E-state index is 10.1. The maximum Gasteiger partial charge on any atom is 0.221 e. The highest BCUT2D eigenvalue weighted by atomic mass is 16.3. The monoisotopic (exact) mass is 137 g/mol. The van der Waals surface area contributed by atoms with Gasteiger partial charge in [-0.3, -0.25) is 4.79 Å². The largest absolute Gasteiger partial charge is 0.444 e. The number of carbonyl (C=O) groups is 1. The number of hydrogen-bond donors (Lipinski definition) is 0.